The fourth-order valence-electron chi connectivity index (χ4n) is 2.80. The number of nitrogens with one attached hydrogen (secondary N) is 1. The van der Waals surface area contributed by atoms with Gasteiger partial charge in [0.1, 0.15) is 18.0 Å². The average molecular weight is 298 g/mol. The quantitative estimate of drug-likeness (QED) is 0.909. The fourth-order valence-corrected chi connectivity index (χ4v) is 2.80. The second kappa shape index (κ2) is 6.75. The molecule has 0 spiro atoms. The van der Waals surface area contributed by atoms with Crippen molar-refractivity contribution < 1.29 is 5.11 Å². The Kier molecular flexibility index (Phi) is 4.53. The number of aryl methyl sites for hydroxylation is 1. The molecular formula is C17H22N4O. The first-order valence-corrected chi connectivity index (χ1v) is 7.76. The number of aliphatic hydroxyl groups excluding tert-OH is 1. The molecule has 1 aliphatic heterocycles. The highest BCUT2D eigenvalue weighted by Crippen LogP contribution is 2.23. The molecule has 3 rings (SSSR count). The van der Waals surface area contributed by atoms with E-state index in [0.29, 0.717) is 5.92 Å². The third-order valence-electron chi connectivity index (χ3n) is 4.14. The second-order valence-corrected chi connectivity index (χ2v) is 5.87. The maximum absolute atomic E-state index is 9.22. The van der Waals surface area contributed by atoms with Crippen molar-refractivity contribution in [2.75, 3.05) is 29.9 Å². The molecule has 1 aromatic heterocycles. The summed E-state index contributed by atoms with van der Waals surface area (Å²) in [5, 5.41) is 12.6. The molecule has 0 unspecified atom stereocenters. The third kappa shape index (κ3) is 3.54. The number of hydrogen-bond donors (Lipinski definition) is 2. The van der Waals surface area contributed by atoms with Gasteiger partial charge in [0.15, 0.2) is 0 Å². The van der Waals surface area contributed by atoms with E-state index in [2.05, 4.69) is 39.2 Å². The van der Waals surface area contributed by atoms with E-state index in [-0.39, 0.29) is 6.61 Å². The van der Waals surface area contributed by atoms with Crippen LogP contribution in [0.2, 0.25) is 0 Å². The maximum atomic E-state index is 9.22. The summed E-state index contributed by atoms with van der Waals surface area (Å²) in [4.78, 5) is 10.9. The van der Waals surface area contributed by atoms with Gasteiger partial charge in [0.2, 0.25) is 0 Å². The predicted molar refractivity (Wildman–Crippen MR) is 88.5 cm³/mol. The number of anilines is 3. The molecule has 0 amide bonds. The van der Waals surface area contributed by atoms with E-state index in [1.165, 1.54) is 5.56 Å². The minimum atomic E-state index is 0.289. The summed E-state index contributed by atoms with van der Waals surface area (Å²) < 4.78 is 0. The first-order valence-electron chi connectivity index (χ1n) is 7.76. The Bertz CT molecular complexity index is 624. The SMILES string of the molecule is Cc1cccc(Nc2cc(N3CCC(CO)CC3)ncn2)c1. The van der Waals surface area contributed by atoms with Gasteiger partial charge in [-0.2, -0.15) is 0 Å². The van der Waals surface area contributed by atoms with Crippen LogP contribution < -0.4 is 10.2 Å². The topological polar surface area (TPSA) is 61.3 Å². The molecule has 116 valence electrons. The number of benzene rings is 1. The number of aliphatic hydroxyl groups is 1. The van der Waals surface area contributed by atoms with Crippen molar-refractivity contribution in [3.05, 3.63) is 42.2 Å². The van der Waals surface area contributed by atoms with Gasteiger partial charge in [-0.25, -0.2) is 9.97 Å². The Morgan fingerprint density at radius 1 is 1.23 bits per heavy atom. The van der Waals surface area contributed by atoms with Gasteiger partial charge in [-0.1, -0.05) is 12.1 Å². The lowest BCUT2D eigenvalue weighted by Crippen LogP contribution is -2.35. The Balaban J connectivity index is 1.70. The molecule has 0 radical (unpaired) electrons. The van der Waals surface area contributed by atoms with Crippen molar-refractivity contribution in [3.8, 4) is 0 Å². The van der Waals surface area contributed by atoms with Crippen LogP contribution in [0.15, 0.2) is 36.7 Å². The van der Waals surface area contributed by atoms with E-state index in [1.54, 1.807) is 6.33 Å². The van der Waals surface area contributed by atoms with E-state index in [4.69, 9.17) is 0 Å². The summed E-state index contributed by atoms with van der Waals surface area (Å²) in [6, 6.07) is 10.2. The van der Waals surface area contributed by atoms with E-state index in [9.17, 15) is 5.11 Å². The van der Waals surface area contributed by atoms with Crippen molar-refractivity contribution in [3.63, 3.8) is 0 Å². The maximum Gasteiger partial charge on any atom is 0.135 e. The van der Waals surface area contributed by atoms with Crippen molar-refractivity contribution >= 4 is 17.3 Å². The molecule has 2 N–H and O–H groups in total. The van der Waals surface area contributed by atoms with Gasteiger partial charge in [0.05, 0.1) is 0 Å². The van der Waals surface area contributed by atoms with Gasteiger partial charge in [-0.15, -0.1) is 0 Å². The van der Waals surface area contributed by atoms with Crippen LogP contribution in [0, 0.1) is 12.8 Å². The lowest BCUT2D eigenvalue weighted by Gasteiger charge is -2.32. The zero-order valence-electron chi connectivity index (χ0n) is 12.9. The molecule has 0 bridgehead atoms. The van der Waals surface area contributed by atoms with Crippen LogP contribution in [0.4, 0.5) is 17.3 Å². The molecular weight excluding hydrogens is 276 g/mol. The third-order valence-corrected chi connectivity index (χ3v) is 4.14. The van der Waals surface area contributed by atoms with Crippen LogP contribution in [0.1, 0.15) is 18.4 Å². The van der Waals surface area contributed by atoms with Crippen molar-refractivity contribution in [2.24, 2.45) is 5.92 Å². The van der Waals surface area contributed by atoms with Crippen LogP contribution in [0.3, 0.4) is 0 Å². The monoisotopic (exact) mass is 298 g/mol. The number of hydrogen-bond acceptors (Lipinski definition) is 5. The summed E-state index contributed by atoms with van der Waals surface area (Å²) >= 11 is 0. The standard InChI is InChI=1S/C17H22N4O/c1-13-3-2-4-15(9-13)20-16-10-17(19-12-18-16)21-7-5-14(11-22)6-8-21/h2-4,9-10,12,14,22H,5-8,11H2,1H3,(H,18,19,20). The van der Waals surface area contributed by atoms with Gasteiger partial charge in [0, 0.05) is 31.5 Å². The fraction of sp³-hybridized carbons (Fsp3) is 0.412. The zero-order valence-corrected chi connectivity index (χ0v) is 12.9. The van der Waals surface area contributed by atoms with Crippen LogP contribution in [-0.4, -0.2) is 34.8 Å². The smallest absolute Gasteiger partial charge is 0.135 e. The summed E-state index contributed by atoms with van der Waals surface area (Å²) in [5.41, 5.74) is 2.24. The largest absolute Gasteiger partial charge is 0.396 e. The number of aromatic nitrogens is 2. The molecule has 22 heavy (non-hydrogen) atoms. The zero-order chi connectivity index (χ0) is 15.4. The molecule has 0 aliphatic carbocycles. The van der Waals surface area contributed by atoms with E-state index in [1.807, 2.05) is 18.2 Å². The van der Waals surface area contributed by atoms with Gasteiger partial charge < -0.3 is 15.3 Å². The van der Waals surface area contributed by atoms with Crippen LogP contribution in [0.25, 0.3) is 0 Å². The minimum Gasteiger partial charge on any atom is -0.396 e. The molecule has 2 aromatic rings. The molecule has 0 saturated carbocycles. The normalized spacial score (nSPS) is 15.8. The van der Waals surface area contributed by atoms with E-state index >= 15 is 0 Å². The molecule has 5 nitrogen and oxygen atoms in total. The van der Waals surface area contributed by atoms with E-state index in [0.717, 1.165) is 43.3 Å². The second-order valence-electron chi connectivity index (χ2n) is 5.87. The minimum absolute atomic E-state index is 0.289. The summed E-state index contributed by atoms with van der Waals surface area (Å²) in [7, 11) is 0. The highest BCUT2D eigenvalue weighted by Gasteiger charge is 2.19. The van der Waals surface area contributed by atoms with Gasteiger partial charge >= 0.3 is 0 Å². The molecule has 5 heteroatoms. The summed E-state index contributed by atoms with van der Waals surface area (Å²) in [6.45, 7) is 4.23. The number of rotatable bonds is 4. The Morgan fingerprint density at radius 2 is 2.05 bits per heavy atom. The van der Waals surface area contributed by atoms with Crippen LogP contribution >= 0.6 is 0 Å². The van der Waals surface area contributed by atoms with Crippen LogP contribution in [0.5, 0.6) is 0 Å². The van der Waals surface area contributed by atoms with E-state index < -0.39 is 0 Å². The molecule has 1 saturated heterocycles. The molecule has 2 heterocycles. The first kappa shape index (κ1) is 14.8. The van der Waals surface area contributed by atoms with Gasteiger partial charge in [-0.3, -0.25) is 0 Å². The molecule has 1 aromatic carbocycles. The molecule has 1 aliphatic rings. The molecule has 0 atom stereocenters. The van der Waals surface area contributed by atoms with Gasteiger partial charge in [-0.05, 0) is 43.4 Å². The predicted octanol–water partition coefficient (Wildman–Crippen LogP) is 2.74. The number of nitrogens with zero attached hydrogens (tertiary/aromatic N) is 3. The average Bonchev–Trinajstić information content (AvgIpc) is 2.55. The van der Waals surface area contributed by atoms with Crippen LogP contribution in [-0.2, 0) is 0 Å². The van der Waals surface area contributed by atoms with Gasteiger partial charge in [0.25, 0.3) is 0 Å². The molecule has 1 fully saturated rings. The highest BCUT2D eigenvalue weighted by atomic mass is 16.3. The number of piperidine rings is 1. The first-order chi connectivity index (χ1) is 10.7. The van der Waals surface area contributed by atoms with Crippen molar-refractivity contribution in [1.82, 2.24) is 9.97 Å². The highest BCUT2D eigenvalue weighted by molar-refractivity contribution is 5.59. The Hall–Kier alpha value is -2.14. The lowest BCUT2D eigenvalue weighted by molar-refractivity contribution is 0.203. The van der Waals surface area contributed by atoms with Crippen molar-refractivity contribution in [1.29, 1.82) is 0 Å². The Labute approximate surface area is 131 Å². The summed E-state index contributed by atoms with van der Waals surface area (Å²) in [6.07, 6.45) is 3.63. The van der Waals surface area contributed by atoms with Crippen molar-refractivity contribution in [2.45, 2.75) is 19.8 Å². The lowest BCUT2D eigenvalue weighted by atomic mass is 9.98. The Morgan fingerprint density at radius 3 is 2.77 bits per heavy atom. The summed E-state index contributed by atoms with van der Waals surface area (Å²) in [5.74, 6) is 2.18.